The molecular formula is C20H24N10O. The van der Waals surface area contributed by atoms with Crippen LogP contribution >= 0.6 is 0 Å². The Morgan fingerprint density at radius 3 is 2.61 bits per heavy atom. The van der Waals surface area contributed by atoms with Gasteiger partial charge in [0, 0.05) is 44.5 Å². The van der Waals surface area contributed by atoms with Crippen LogP contribution in [0.1, 0.15) is 11.4 Å². The van der Waals surface area contributed by atoms with Crippen molar-refractivity contribution in [3.63, 3.8) is 0 Å². The molecule has 5 rings (SSSR count). The number of hydrogen-bond acceptors (Lipinski definition) is 8. The number of hydrogen-bond donors (Lipinski definition) is 1. The van der Waals surface area contributed by atoms with Crippen LogP contribution in [0.3, 0.4) is 0 Å². The van der Waals surface area contributed by atoms with Gasteiger partial charge in [0.05, 0.1) is 18.6 Å². The molecule has 0 saturated carbocycles. The number of fused-ring (bicyclic) bond motifs is 1. The fraction of sp³-hybridized carbons (Fsp3) is 0.400. The number of nitrogens with one attached hydrogen (secondary N) is 1. The molecule has 11 heteroatoms. The largest absolute Gasteiger partial charge is 0.352 e. The number of aromatic nitrogens is 8. The zero-order valence-corrected chi connectivity index (χ0v) is 17.6. The van der Waals surface area contributed by atoms with Gasteiger partial charge in [-0.2, -0.15) is 5.10 Å². The Hall–Kier alpha value is -3.60. The molecule has 31 heavy (non-hydrogen) atoms. The summed E-state index contributed by atoms with van der Waals surface area (Å²) in [7, 11) is 0. The number of aromatic amines is 1. The average Bonchev–Trinajstić information content (AvgIpc) is 3.39. The van der Waals surface area contributed by atoms with Crippen LogP contribution in [0.2, 0.25) is 0 Å². The van der Waals surface area contributed by atoms with Gasteiger partial charge < -0.3 is 9.88 Å². The van der Waals surface area contributed by atoms with Crippen molar-refractivity contribution in [2.24, 2.45) is 0 Å². The van der Waals surface area contributed by atoms with Crippen molar-refractivity contribution in [3.05, 3.63) is 52.6 Å². The van der Waals surface area contributed by atoms with Crippen LogP contribution in [0.25, 0.3) is 17.0 Å². The van der Waals surface area contributed by atoms with Crippen LogP contribution in [0.4, 0.5) is 5.82 Å². The van der Waals surface area contributed by atoms with E-state index in [4.69, 9.17) is 0 Å². The van der Waals surface area contributed by atoms with Gasteiger partial charge in [-0.05, 0) is 26.0 Å². The Bertz CT molecular complexity index is 1260. The minimum absolute atomic E-state index is 0.105. The second kappa shape index (κ2) is 7.91. The third-order valence-electron chi connectivity index (χ3n) is 5.58. The summed E-state index contributed by atoms with van der Waals surface area (Å²) in [5, 5.41) is 8.99. The minimum Gasteiger partial charge on any atom is -0.352 e. The van der Waals surface area contributed by atoms with E-state index in [0.29, 0.717) is 18.0 Å². The van der Waals surface area contributed by atoms with Gasteiger partial charge in [-0.15, -0.1) is 5.10 Å². The maximum atomic E-state index is 12.3. The molecule has 160 valence electrons. The maximum absolute atomic E-state index is 12.3. The molecule has 0 radical (unpaired) electrons. The summed E-state index contributed by atoms with van der Waals surface area (Å²) in [5.74, 6) is 1.54. The van der Waals surface area contributed by atoms with Gasteiger partial charge in [0.25, 0.3) is 5.56 Å². The van der Waals surface area contributed by atoms with Crippen molar-refractivity contribution in [1.29, 1.82) is 0 Å². The van der Waals surface area contributed by atoms with Crippen molar-refractivity contribution >= 4 is 17.0 Å². The third kappa shape index (κ3) is 3.79. The Balaban J connectivity index is 1.24. The van der Waals surface area contributed by atoms with E-state index in [2.05, 4.69) is 39.9 Å². The Labute approximate surface area is 178 Å². The van der Waals surface area contributed by atoms with Crippen LogP contribution < -0.4 is 10.5 Å². The molecule has 4 aromatic rings. The van der Waals surface area contributed by atoms with Gasteiger partial charge in [-0.25, -0.2) is 24.3 Å². The highest BCUT2D eigenvalue weighted by Crippen LogP contribution is 2.20. The van der Waals surface area contributed by atoms with E-state index in [-0.39, 0.29) is 5.56 Å². The lowest BCUT2D eigenvalue weighted by Crippen LogP contribution is -2.48. The first-order valence-electron chi connectivity index (χ1n) is 10.3. The lowest BCUT2D eigenvalue weighted by molar-refractivity contribution is 0.242. The van der Waals surface area contributed by atoms with E-state index < -0.39 is 0 Å². The van der Waals surface area contributed by atoms with Crippen molar-refractivity contribution in [1.82, 2.24) is 44.4 Å². The summed E-state index contributed by atoms with van der Waals surface area (Å²) >= 11 is 0. The molecule has 0 aromatic carbocycles. The highest BCUT2D eigenvalue weighted by molar-refractivity contribution is 5.82. The molecule has 4 aromatic heterocycles. The molecule has 1 saturated heterocycles. The van der Waals surface area contributed by atoms with Crippen molar-refractivity contribution in [2.75, 3.05) is 37.6 Å². The molecule has 0 unspecified atom stereocenters. The summed E-state index contributed by atoms with van der Waals surface area (Å²) in [6, 6.07) is 5.27. The van der Waals surface area contributed by atoms with Gasteiger partial charge in [0.2, 0.25) is 0 Å². The summed E-state index contributed by atoms with van der Waals surface area (Å²) in [6.07, 6.45) is 3.20. The first-order chi connectivity index (χ1) is 15.1. The van der Waals surface area contributed by atoms with Crippen LogP contribution in [0.5, 0.6) is 0 Å². The number of anilines is 1. The highest BCUT2D eigenvalue weighted by atomic mass is 16.1. The van der Waals surface area contributed by atoms with Crippen molar-refractivity contribution in [2.45, 2.75) is 20.4 Å². The molecule has 1 aliphatic heterocycles. The molecule has 0 atom stereocenters. The predicted octanol–water partition coefficient (Wildman–Crippen LogP) is 0.534. The summed E-state index contributed by atoms with van der Waals surface area (Å²) in [6.45, 7) is 8.66. The van der Waals surface area contributed by atoms with Crippen LogP contribution in [0.15, 0.2) is 35.6 Å². The lowest BCUT2D eigenvalue weighted by atomic mass is 10.3. The molecule has 5 heterocycles. The summed E-state index contributed by atoms with van der Waals surface area (Å²) in [4.78, 5) is 32.9. The topological polar surface area (TPSA) is 114 Å². The summed E-state index contributed by atoms with van der Waals surface area (Å²) < 4.78 is 3.29. The van der Waals surface area contributed by atoms with Gasteiger partial charge >= 0.3 is 0 Å². The third-order valence-corrected chi connectivity index (χ3v) is 5.58. The Morgan fingerprint density at radius 1 is 1.00 bits per heavy atom. The molecule has 0 amide bonds. The van der Waals surface area contributed by atoms with Gasteiger partial charge in [0.15, 0.2) is 17.3 Å². The molecule has 1 aliphatic rings. The van der Waals surface area contributed by atoms with Crippen LogP contribution in [0, 0.1) is 13.8 Å². The van der Waals surface area contributed by atoms with Crippen LogP contribution in [-0.4, -0.2) is 77.1 Å². The van der Waals surface area contributed by atoms with E-state index in [9.17, 15) is 4.79 Å². The van der Waals surface area contributed by atoms with Gasteiger partial charge in [-0.3, -0.25) is 9.69 Å². The molecule has 1 N–H and O–H groups in total. The highest BCUT2D eigenvalue weighted by Gasteiger charge is 2.21. The second-order valence-corrected chi connectivity index (χ2v) is 7.72. The monoisotopic (exact) mass is 420 g/mol. The van der Waals surface area contributed by atoms with E-state index in [1.165, 1.54) is 4.68 Å². The number of aryl methyl sites for hydroxylation is 2. The molecular weight excluding hydrogens is 396 g/mol. The van der Waals surface area contributed by atoms with Crippen molar-refractivity contribution in [3.8, 4) is 5.82 Å². The minimum atomic E-state index is -0.105. The van der Waals surface area contributed by atoms with Gasteiger partial charge in [-0.1, -0.05) is 0 Å². The fourth-order valence-electron chi connectivity index (χ4n) is 3.98. The van der Waals surface area contributed by atoms with Gasteiger partial charge in [0.1, 0.15) is 11.8 Å². The molecule has 0 bridgehead atoms. The van der Waals surface area contributed by atoms with E-state index in [0.717, 1.165) is 55.4 Å². The summed E-state index contributed by atoms with van der Waals surface area (Å²) in [5.41, 5.74) is 3.35. The molecule has 0 aliphatic carbocycles. The average molecular weight is 420 g/mol. The number of nitrogens with zero attached hydrogens (tertiary/aromatic N) is 9. The lowest BCUT2D eigenvalue weighted by Gasteiger charge is -2.35. The molecule has 0 spiro atoms. The van der Waals surface area contributed by atoms with Crippen LogP contribution in [-0.2, 0) is 6.54 Å². The Kier molecular flexibility index (Phi) is 4.94. The van der Waals surface area contributed by atoms with E-state index in [1.807, 2.05) is 19.9 Å². The van der Waals surface area contributed by atoms with E-state index >= 15 is 0 Å². The smallest absolute Gasteiger partial charge is 0.266 e. The quantitative estimate of drug-likeness (QED) is 0.498. The first-order valence-corrected chi connectivity index (χ1v) is 10.3. The van der Waals surface area contributed by atoms with E-state index in [1.54, 1.807) is 29.5 Å². The molecule has 11 nitrogen and oxygen atoms in total. The normalized spacial score (nSPS) is 15.1. The van der Waals surface area contributed by atoms with Crippen molar-refractivity contribution < 1.29 is 0 Å². The number of H-pyrrole nitrogens is 1. The zero-order chi connectivity index (χ0) is 21.4. The predicted molar refractivity (Wildman–Crippen MR) is 115 cm³/mol. The Morgan fingerprint density at radius 2 is 1.84 bits per heavy atom. The fourth-order valence-corrected chi connectivity index (χ4v) is 3.98. The first kappa shape index (κ1) is 19.4. The SMILES string of the molecule is Cc1cc(C)n(-c2ccc(=O)n(CCN3CCN(c4ncnc5nc[nH]c45)CC3)n2)n1. The number of piperazine rings is 1. The number of rotatable bonds is 5. The molecule has 1 fully saturated rings. The second-order valence-electron chi connectivity index (χ2n) is 7.72. The maximum Gasteiger partial charge on any atom is 0.266 e. The zero-order valence-electron chi connectivity index (χ0n) is 17.6. The number of imidazole rings is 1. The standard InChI is InChI=1S/C20H24N10O/c1-14-11-15(2)30(25-14)16-3-4-17(31)29(26-16)10-7-27-5-8-28(9-6-27)20-18-19(22-12-21-18)23-13-24-20/h3-4,11-13H,5-10H2,1-2H3,(H,21,22,23,24).